The van der Waals surface area contributed by atoms with Gasteiger partial charge in [0.25, 0.3) is 0 Å². The quantitative estimate of drug-likeness (QED) is 0.0262. The molecular weight excluding hydrogens is 781 g/mol. The molecule has 0 aromatic carbocycles. The van der Waals surface area contributed by atoms with Gasteiger partial charge in [0.2, 0.25) is 0 Å². The molecule has 360 valence electrons. The Labute approximate surface area is 388 Å². The van der Waals surface area contributed by atoms with Crippen LogP contribution in [0, 0.1) is 0 Å². The summed E-state index contributed by atoms with van der Waals surface area (Å²) in [7, 11) is 0. The summed E-state index contributed by atoms with van der Waals surface area (Å²) < 4.78 is 16.7. The molecule has 0 saturated heterocycles. The standard InChI is InChI=1S/C57H96O6/c1-4-7-10-13-16-19-22-25-26-27-28-29-30-33-35-38-41-44-47-50-56(59)62-53-54(63-57(60)51-48-45-42-39-36-32-24-21-18-15-12-9-6-3)52-61-55(58)49-46-43-40-37-34-31-23-20-17-14-11-8-5-2/h9,12,15-16,18-19,21-22,24-25,32,36,39,42,54H,4-8,10-11,13-14,17,20,23,26-31,33-35,37-38,40-41,43-53H2,1-3H3/b12-9-,18-15-,19-16-,24-21-,25-22-,36-32-,42-39-. The summed E-state index contributed by atoms with van der Waals surface area (Å²) in [5.41, 5.74) is 0. The summed E-state index contributed by atoms with van der Waals surface area (Å²) in [6.07, 6.45) is 65.7. The number of ether oxygens (including phenoxy) is 3. The first-order chi connectivity index (χ1) is 31.0. The fraction of sp³-hybridized carbons (Fsp3) is 0.702. The van der Waals surface area contributed by atoms with Crippen molar-refractivity contribution in [3.63, 3.8) is 0 Å². The Balaban J connectivity index is 4.43. The lowest BCUT2D eigenvalue weighted by Gasteiger charge is -2.18. The Bertz CT molecular complexity index is 1240. The topological polar surface area (TPSA) is 78.9 Å². The summed E-state index contributed by atoms with van der Waals surface area (Å²) in [4.78, 5) is 37.9. The van der Waals surface area contributed by atoms with Crippen LogP contribution in [0.3, 0.4) is 0 Å². The van der Waals surface area contributed by atoms with Crippen molar-refractivity contribution >= 4 is 17.9 Å². The molecule has 0 saturated carbocycles. The number of hydrogen-bond donors (Lipinski definition) is 0. The Hall–Kier alpha value is -3.41. The van der Waals surface area contributed by atoms with Crippen molar-refractivity contribution in [2.75, 3.05) is 13.2 Å². The van der Waals surface area contributed by atoms with Crippen molar-refractivity contribution in [2.45, 2.75) is 245 Å². The second-order valence-corrected chi connectivity index (χ2v) is 17.2. The van der Waals surface area contributed by atoms with Crippen LogP contribution in [-0.4, -0.2) is 37.2 Å². The smallest absolute Gasteiger partial charge is 0.306 e. The van der Waals surface area contributed by atoms with E-state index in [4.69, 9.17) is 14.2 Å². The zero-order valence-electron chi connectivity index (χ0n) is 41.1. The van der Waals surface area contributed by atoms with Crippen LogP contribution in [0.5, 0.6) is 0 Å². The molecule has 0 amide bonds. The van der Waals surface area contributed by atoms with Gasteiger partial charge >= 0.3 is 17.9 Å². The summed E-state index contributed by atoms with van der Waals surface area (Å²) in [6, 6.07) is 0. The zero-order chi connectivity index (χ0) is 45.8. The number of carbonyl (C=O) groups is 3. The minimum absolute atomic E-state index is 0.105. The molecular formula is C57H96O6. The summed E-state index contributed by atoms with van der Waals surface area (Å²) in [5.74, 6) is -0.982. The highest BCUT2D eigenvalue weighted by Crippen LogP contribution is 2.15. The average Bonchev–Trinajstić information content (AvgIpc) is 3.28. The van der Waals surface area contributed by atoms with Gasteiger partial charge in [-0.3, -0.25) is 14.4 Å². The van der Waals surface area contributed by atoms with Crippen LogP contribution in [0.15, 0.2) is 85.1 Å². The molecule has 0 aliphatic heterocycles. The second kappa shape index (κ2) is 51.2. The van der Waals surface area contributed by atoms with Crippen LogP contribution in [0.25, 0.3) is 0 Å². The molecule has 0 bridgehead atoms. The summed E-state index contributed by atoms with van der Waals surface area (Å²) in [5, 5.41) is 0. The van der Waals surface area contributed by atoms with Gasteiger partial charge in [-0.1, -0.05) is 247 Å². The Morgan fingerprint density at radius 3 is 1.06 bits per heavy atom. The van der Waals surface area contributed by atoms with Crippen LogP contribution in [0.2, 0.25) is 0 Å². The molecule has 0 N–H and O–H groups in total. The third-order valence-corrected chi connectivity index (χ3v) is 11.0. The molecule has 1 unspecified atom stereocenters. The fourth-order valence-corrected chi connectivity index (χ4v) is 7.11. The molecule has 0 rings (SSSR count). The lowest BCUT2D eigenvalue weighted by molar-refractivity contribution is -0.167. The van der Waals surface area contributed by atoms with E-state index in [-0.39, 0.29) is 37.5 Å². The van der Waals surface area contributed by atoms with E-state index in [1.807, 2.05) is 54.7 Å². The van der Waals surface area contributed by atoms with Crippen LogP contribution in [0.1, 0.15) is 239 Å². The number of esters is 3. The first-order valence-corrected chi connectivity index (χ1v) is 26.2. The van der Waals surface area contributed by atoms with Gasteiger partial charge in [0.1, 0.15) is 13.2 Å². The fourth-order valence-electron chi connectivity index (χ4n) is 7.11. The van der Waals surface area contributed by atoms with E-state index in [0.717, 1.165) is 51.4 Å². The van der Waals surface area contributed by atoms with E-state index in [1.54, 1.807) is 0 Å². The number of unbranched alkanes of at least 4 members (excludes halogenated alkanes) is 26. The van der Waals surface area contributed by atoms with Crippen LogP contribution in [0.4, 0.5) is 0 Å². The van der Waals surface area contributed by atoms with E-state index < -0.39 is 6.10 Å². The minimum Gasteiger partial charge on any atom is -0.462 e. The van der Waals surface area contributed by atoms with Crippen LogP contribution in [-0.2, 0) is 28.6 Å². The van der Waals surface area contributed by atoms with Gasteiger partial charge in [-0.05, 0) is 57.8 Å². The van der Waals surface area contributed by atoms with E-state index in [9.17, 15) is 14.4 Å². The maximum atomic E-state index is 12.7. The van der Waals surface area contributed by atoms with Gasteiger partial charge in [0.15, 0.2) is 6.10 Å². The van der Waals surface area contributed by atoms with E-state index in [2.05, 4.69) is 51.2 Å². The zero-order valence-corrected chi connectivity index (χ0v) is 41.1. The highest BCUT2D eigenvalue weighted by atomic mass is 16.6. The molecule has 0 heterocycles. The average molecular weight is 877 g/mol. The van der Waals surface area contributed by atoms with Crippen molar-refractivity contribution in [2.24, 2.45) is 0 Å². The Morgan fingerprint density at radius 2 is 0.635 bits per heavy atom. The lowest BCUT2D eigenvalue weighted by atomic mass is 10.0. The molecule has 6 nitrogen and oxygen atoms in total. The predicted molar refractivity (Wildman–Crippen MR) is 270 cm³/mol. The molecule has 0 aromatic heterocycles. The Kier molecular flexibility index (Phi) is 48.5. The lowest BCUT2D eigenvalue weighted by Crippen LogP contribution is -2.30. The molecule has 0 aromatic rings. The summed E-state index contributed by atoms with van der Waals surface area (Å²) >= 11 is 0. The number of rotatable bonds is 46. The van der Waals surface area contributed by atoms with Gasteiger partial charge < -0.3 is 14.2 Å². The number of allylic oxidation sites excluding steroid dienone is 14. The van der Waals surface area contributed by atoms with Crippen molar-refractivity contribution in [3.05, 3.63) is 85.1 Å². The van der Waals surface area contributed by atoms with Crippen LogP contribution >= 0.6 is 0 Å². The first-order valence-electron chi connectivity index (χ1n) is 26.2. The summed E-state index contributed by atoms with van der Waals surface area (Å²) in [6.45, 7) is 6.40. The minimum atomic E-state index is -0.812. The largest absolute Gasteiger partial charge is 0.462 e. The van der Waals surface area contributed by atoms with E-state index in [1.165, 1.54) is 141 Å². The molecule has 0 aliphatic carbocycles. The normalized spacial score (nSPS) is 12.7. The number of hydrogen-bond acceptors (Lipinski definition) is 6. The molecule has 0 aliphatic rings. The molecule has 1 atom stereocenters. The third-order valence-electron chi connectivity index (χ3n) is 11.0. The highest BCUT2D eigenvalue weighted by molar-refractivity contribution is 5.71. The molecule has 0 radical (unpaired) electrons. The number of carbonyl (C=O) groups excluding carboxylic acids is 3. The van der Waals surface area contributed by atoms with Crippen molar-refractivity contribution in [3.8, 4) is 0 Å². The maximum Gasteiger partial charge on any atom is 0.306 e. The first kappa shape index (κ1) is 59.6. The highest BCUT2D eigenvalue weighted by Gasteiger charge is 2.19. The monoisotopic (exact) mass is 877 g/mol. The van der Waals surface area contributed by atoms with Crippen LogP contribution < -0.4 is 0 Å². The van der Waals surface area contributed by atoms with Gasteiger partial charge in [0.05, 0.1) is 0 Å². The SMILES string of the molecule is CC\C=C/C=C\C=C/C=C\C=C/CCCC(=O)OC(COC(=O)CCCCCCCCCCCC/C=C\C=C/CCCCC)COC(=O)CCCCCCCCCCCCCCC. The molecule has 0 spiro atoms. The van der Waals surface area contributed by atoms with E-state index in [0.29, 0.717) is 19.3 Å². The van der Waals surface area contributed by atoms with Gasteiger partial charge in [-0.25, -0.2) is 0 Å². The van der Waals surface area contributed by atoms with E-state index >= 15 is 0 Å². The third kappa shape index (κ3) is 49.5. The second-order valence-electron chi connectivity index (χ2n) is 17.2. The molecule has 0 fully saturated rings. The molecule has 63 heavy (non-hydrogen) atoms. The van der Waals surface area contributed by atoms with Crippen molar-refractivity contribution in [1.82, 2.24) is 0 Å². The van der Waals surface area contributed by atoms with Gasteiger partial charge in [-0.15, -0.1) is 0 Å². The van der Waals surface area contributed by atoms with Crippen molar-refractivity contribution < 1.29 is 28.6 Å². The maximum absolute atomic E-state index is 12.7. The molecule has 6 heteroatoms. The van der Waals surface area contributed by atoms with Gasteiger partial charge in [0, 0.05) is 19.3 Å². The van der Waals surface area contributed by atoms with Gasteiger partial charge in [-0.2, -0.15) is 0 Å². The predicted octanol–water partition coefficient (Wildman–Crippen LogP) is 17.2. The van der Waals surface area contributed by atoms with Crippen molar-refractivity contribution in [1.29, 1.82) is 0 Å². The Morgan fingerprint density at radius 1 is 0.333 bits per heavy atom.